The zero-order chi connectivity index (χ0) is 14.8. The van der Waals surface area contributed by atoms with Crippen LogP contribution in [0.4, 0.5) is 0 Å². The molecule has 1 aromatic heterocycles. The highest BCUT2D eigenvalue weighted by atomic mass is 32.2. The second-order valence-electron chi connectivity index (χ2n) is 6.12. The van der Waals surface area contributed by atoms with Crippen molar-refractivity contribution in [2.24, 2.45) is 0 Å². The SMILES string of the molecule is Cc1cc(C)c(C(=O)N(C[C@H]2CCCO2)[C@@H]2CCSC2)[nH]1. The summed E-state index contributed by atoms with van der Waals surface area (Å²) in [5.74, 6) is 2.35. The molecule has 0 unspecified atom stereocenters. The Morgan fingerprint density at radius 3 is 2.90 bits per heavy atom. The maximum absolute atomic E-state index is 13.0. The third kappa shape index (κ3) is 3.29. The fourth-order valence-electron chi connectivity index (χ4n) is 3.27. The van der Waals surface area contributed by atoms with Crippen molar-refractivity contribution < 1.29 is 9.53 Å². The summed E-state index contributed by atoms with van der Waals surface area (Å²) in [5.41, 5.74) is 2.84. The summed E-state index contributed by atoms with van der Waals surface area (Å²) in [5, 5.41) is 0. The molecule has 0 radical (unpaired) electrons. The fraction of sp³-hybridized carbons (Fsp3) is 0.688. The van der Waals surface area contributed by atoms with E-state index in [4.69, 9.17) is 4.74 Å². The normalized spacial score (nSPS) is 25.4. The second-order valence-corrected chi connectivity index (χ2v) is 7.27. The van der Waals surface area contributed by atoms with Crippen LogP contribution in [0.2, 0.25) is 0 Å². The molecule has 2 fully saturated rings. The largest absolute Gasteiger partial charge is 0.376 e. The highest BCUT2D eigenvalue weighted by molar-refractivity contribution is 7.99. The van der Waals surface area contributed by atoms with Crippen LogP contribution in [0.5, 0.6) is 0 Å². The van der Waals surface area contributed by atoms with E-state index in [2.05, 4.69) is 9.88 Å². The van der Waals surface area contributed by atoms with Crippen LogP contribution in [0.1, 0.15) is 41.0 Å². The number of carbonyl (C=O) groups is 1. The molecule has 2 atom stereocenters. The molecule has 0 saturated carbocycles. The predicted molar refractivity (Wildman–Crippen MR) is 86.0 cm³/mol. The summed E-state index contributed by atoms with van der Waals surface area (Å²) in [6.07, 6.45) is 3.51. The first-order valence-corrected chi connectivity index (χ1v) is 8.97. The predicted octanol–water partition coefficient (Wildman–Crippen LogP) is 2.76. The van der Waals surface area contributed by atoms with E-state index in [-0.39, 0.29) is 12.0 Å². The monoisotopic (exact) mass is 308 g/mol. The second kappa shape index (κ2) is 6.44. The summed E-state index contributed by atoms with van der Waals surface area (Å²) < 4.78 is 5.75. The van der Waals surface area contributed by atoms with Crippen LogP contribution in [-0.2, 0) is 4.74 Å². The van der Waals surface area contributed by atoms with Crippen molar-refractivity contribution in [3.63, 3.8) is 0 Å². The topological polar surface area (TPSA) is 45.3 Å². The van der Waals surface area contributed by atoms with Crippen molar-refractivity contribution in [3.8, 4) is 0 Å². The molecule has 0 bridgehead atoms. The van der Waals surface area contributed by atoms with Gasteiger partial charge in [-0.2, -0.15) is 11.8 Å². The van der Waals surface area contributed by atoms with Gasteiger partial charge in [-0.05, 0) is 50.5 Å². The number of hydrogen-bond donors (Lipinski definition) is 1. The fourth-order valence-corrected chi connectivity index (χ4v) is 4.49. The highest BCUT2D eigenvalue weighted by Crippen LogP contribution is 2.26. The van der Waals surface area contributed by atoms with Crippen molar-refractivity contribution in [2.75, 3.05) is 24.7 Å². The van der Waals surface area contributed by atoms with Gasteiger partial charge in [-0.25, -0.2) is 0 Å². The first kappa shape index (κ1) is 15.0. The lowest BCUT2D eigenvalue weighted by Crippen LogP contribution is -2.45. The molecule has 1 aromatic rings. The number of aryl methyl sites for hydroxylation is 2. The molecule has 5 heteroatoms. The lowest BCUT2D eigenvalue weighted by atomic mass is 10.1. The molecular formula is C16H24N2O2S. The van der Waals surface area contributed by atoms with Crippen molar-refractivity contribution >= 4 is 17.7 Å². The van der Waals surface area contributed by atoms with Crippen LogP contribution >= 0.6 is 11.8 Å². The molecule has 2 aliphatic rings. The first-order chi connectivity index (χ1) is 10.1. The Bertz CT molecular complexity index is 502. The minimum atomic E-state index is 0.142. The average Bonchev–Trinajstić information content (AvgIpc) is 3.16. The zero-order valence-electron chi connectivity index (χ0n) is 12.9. The van der Waals surface area contributed by atoms with E-state index in [1.165, 1.54) is 0 Å². The van der Waals surface area contributed by atoms with Crippen LogP contribution in [0.25, 0.3) is 0 Å². The van der Waals surface area contributed by atoms with Crippen molar-refractivity contribution in [1.82, 2.24) is 9.88 Å². The number of nitrogens with zero attached hydrogens (tertiary/aromatic N) is 1. The molecule has 0 aliphatic carbocycles. The molecule has 2 aliphatic heterocycles. The van der Waals surface area contributed by atoms with Gasteiger partial charge in [0.25, 0.3) is 5.91 Å². The van der Waals surface area contributed by atoms with E-state index in [1.54, 1.807) is 0 Å². The number of rotatable bonds is 4. The lowest BCUT2D eigenvalue weighted by Gasteiger charge is -2.30. The summed E-state index contributed by atoms with van der Waals surface area (Å²) in [4.78, 5) is 18.3. The molecule has 1 amide bonds. The molecule has 21 heavy (non-hydrogen) atoms. The zero-order valence-corrected chi connectivity index (χ0v) is 13.7. The van der Waals surface area contributed by atoms with Gasteiger partial charge in [0.2, 0.25) is 0 Å². The minimum absolute atomic E-state index is 0.142. The van der Waals surface area contributed by atoms with Gasteiger partial charge in [-0.3, -0.25) is 4.79 Å². The standard InChI is InChI=1S/C16H24N2O2S/c1-11-8-12(2)17-15(11)16(19)18(13-5-7-21-10-13)9-14-4-3-6-20-14/h8,13-14,17H,3-7,9-10H2,1-2H3/t13-,14-/m1/s1. The Morgan fingerprint density at radius 2 is 2.33 bits per heavy atom. The Labute approximate surface area is 130 Å². The van der Waals surface area contributed by atoms with Gasteiger partial charge in [0.05, 0.1) is 6.10 Å². The van der Waals surface area contributed by atoms with Gasteiger partial charge in [0.1, 0.15) is 5.69 Å². The molecule has 1 N–H and O–H groups in total. The number of aromatic nitrogens is 1. The van der Waals surface area contributed by atoms with Gasteiger partial charge < -0.3 is 14.6 Å². The van der Waals surface area contributed by atoms with Gasteiger partial charge in [0.15, 0.2) is 0 Å². The van der Waals surface area contributed by atoms with Gasteiger partial charge in [-0.15, -0.1) is 0 Å². The van der Waals surface area contributed by atoms with Crippen LogP contribution in [0.3, 0.4) is 0 Å². The van der Waals surface area contributed by atoms with Crippen LogP contribution < -0.4 is 0 Å². The molecular weight excluding hydrogens is 284 g/mol. The Balaban J connectivity index is 1.79. The molecule has 116 valence electrons. The van der Waals surface area contributed by atoms with Crippen LogP contribution in [0.15, 0.2) is 6.07 Å². The number of aromatic amines is 1. The van der Waals surface area contributed by atoms with E-state index in [1.807, 2.05) is 31.7 Å². The van der Waals surface area contributed by atoms with E-state index in [9.17, 15) is 4.79 Å². The third-order valence-electron chi connectivity index (χ3n) is 4.39. The Hall–Kier alpha value is -0.940. The van der Waals surface area contributed by atoms with Crippen molar-refractivity contribution in [2.45, 2.75) is 45.3 Å². The quantitative estimate of drug-likeness (QED) is 0.930. The highest BCUT2D eigenvalue weighted by Gasteiger charge is 2.32. The van der Waals surface area contributed by atoms with E-state index >= 15 is 0 Å². The number of thioether (sulfide) groups is 1. The van der Waals surface area contributed by atoms with Gasteiger partial charge >= 0.3 is 0 Å². The van der Waals surface area contributed by atoms with Gasteiger partial charge in [0, 0.05) is 30.6 Å². The van der Waals surface area contributed by atoms with Crippen LogP contribution in [-0.4, -0.2) is 52.6 Å². The number of hydrogen-bond acceptors (Lipinski definition) is 3. The Morgan fingerprint density at radius 1 is 1.48 bits per heavy atom. The minimum Gasteiger partial charge on any atom is -0.376 e. The molecule has 3 rings (SSSR count). The lowest BCUT2D eigenvalue weighted by molar-refractivity contribution is 0.0437. The van der Waals surface area contributed by atoms with E-state index in [0.717, 1.165) is 60.9 Å². The smallest absolute Gasteiger partial charge is 0.270 e. The van der Waals surface area contributed by atoms with E-state index in [0.29, 0.717) is 6.04 Å². The van der Waals surface area contributed by atoms with Crippen LogP contribution in [0, 0.1) is 13.8 Å². The van der Waals surface area contributed by atoms with E-state index < -0.39 is 0 Å². The molecule has 0 aromatic carbocycles. The van der Waals surface area contributed by atoms with Crippen molar-refractivity contribution in [3.05, 3.63) is 23.0 Å². The number of ether oxygens (including phenoxy) is 1. The number of H-pyrrole nitrogens is 1. The molecule has 4 nitrogen and oxygen atoms in total. The summed E-state index contributed by atoms with van der Waals surface area (Å²) in [6, 6.07) is 2.40. The number of amides is 1. The van der Waals surface area contributed by atoms with Crippen molar-refractivity contribution in [1.29, 1.82) is 0 Å². The number of nitrogens with one attached hydrogen (secondary N) is 1. The summed E-state index contributed by atoms with van der Waals surface area (Å²) in [6.45, 7) is 5.58. The third-order valence-corrected chi connectivity index (χ3v) is 5.54. The summed E-state index contributed by atoms with van der Waals surface area (Å²) >= 11 is 1.95. The Kier molecular flexibility index (Phi) is 4.60. The molecule has 0 spiro atoms. The average molecular weight is 308 g/mol. The maximum Gasteiger partial charge on any atom is 0.270 e. The number of carbonyl (C=O) groups excluding carboxylic acids is 1. The first-order valence-electron chi connectivity index (χ1n) is 7.81. The molecule has 3 heterocycles. The van der Waals surface area contributed by atoms with Gasteiger partial charge in [-0.1, -0.05) is 0 Å². The summed E-state index contributed by atoms with van der Waals surface area (Å²) in [7, 11) is 0. The molecule has 2 saturated heterocycles. The maximum atomic E-state index is 13.0.